The summed E-state index contributed by atoms with van der Waals surface area (Å²) in [6.45, 7) is 2.23. The molecule has 2 aliphatic rings. The molecule has 24 heavy (non-hydrogen) atoms. The first-order valence-electron chi connectivity index (χ1n) is 9.65. The van der Waals surface area contributed by atoms with Gasteiger partial charge in [-0.15, -0.1) is 0 Å². The second-order valence-electron chi connectivity index (χ2n) is 7.89. The maximum atomic E-state index is 13.0. The predicted octanol–water partition coefficient (Wildman–Crippen LogP) is 3.11. The lowest BCUT2D eigenvalue weighted by atomic mass is 9.75. The standard InChI is InChI=1S/C19H33NO4/c1-2-5-15(17(22)23)12-19(10-3-4-11-19)18(24)20-16-8-6-14(13-21)7-9-16/h14-16,21H,2-13H2,1H3,(H,20,24)(H,22,23). The lowest BCUT2D eigenvalue weighted by Gasteiger charge is -2.34. The molecule has 0 aromatic rings. The lowest BCUT2D eigenvalue weighted by Crippen LogP contribution is -2.47. The lowest BCUT2D eigenvalue weighted by molar-refractivity contribution is -0.144. The number of carboxylic acids is 1. The second-order valence-corrected chi connectivity index (χ2v) is 7.89. The Labute approximate surface area is 145 Å². The van der Waals surface area contributed by atoms with E-state index in [0.717, 1.165) is 57.8 Å². The normalized spacial score (nSPS) is 27.6. The summed E-state index contributed by atoms with van der Waals surface area (Å²) in [4.78, 5) is 24.5. The number of rotatable bonds is 8. The van der Waals surface area contributed by atoms with E-state index in [4.69, 9.17) is 0 Å². The van der Waals surface area contributed by atoms with Crippen LogP contribution < -0.4 is 5.32 Å². The minimum absolute atomic E-state index is 0.0785. The number of nitrogens with one attached hydrogen (secondary N) is 1. The van der Waals surface area contributed by atoms with Crippen molar-refractivity contribution in [2.75, 3.05) is 6.61 Å². The summed E-state index contributed by atoms with van der Waals surface area (Å²) in [5, 5.41) is 21.9. The number of carboxylic acid groups (broad SMARTS) is 1. The van der Waals surface area contributed by atoms with Gasteiger partial charge in [0.2, 0.25) is 5.91 Å². The van der Waals surface area contributed by atoms with Gasteiger partial charge in [0.25, 0.3) is 0 Å². The molecule has 1 amide bonds. The van der Waals surface area contributed by atoms with Crippen molar-refractivity contribution in [3.63, 3.8) is 0 Å². The van der Waals surface area contributed by atoms with Crippen LogP contribution in [0.5, 0.6) is 0 Å². The van der Waals surface area contributed by atoms with E-state index in [1.54, 1.807) is 0 Å². The van der Waals surface area contributed by atoms with E-state index in [0.29, 0.717) is 18.8 Å². The SMILES string of the molecule is CCCC(CC1(C(=O)NC2CCC(CO)CC2)CCCC1)C(=O)O. The van der Waals surface area contributed by atoms with E-state index < -0.39 is 17.3 Å². The number of aliphatic hydroxyl groups excluding tert-OH is 1. The summed E-state index contributed by atoms with van der Waals surface area (Å²) in [5.74, 6) is -0.724. The Morgan fingerprint density at radius 1 is 1.17 bits per heavy atom. The van der Waals surface area contributed by atoms with Crippen molar-refractivity contribution in [2.45, 2.75) is 83.6 Å². The van der Waals surface area contributed by atoms with Gasteiger partial charge in [0.05, 0.1) is 11.3 Å². The van der Waals surface area contributed by atoms with Crippen molar-refractivity contribution in [2.24, 2.45) is 17.3 Å². The fourth-order valence-electron chi connectivity index (χ4n) is 4.54. The highest BCUT2D eigenvalue weighted by molar-refractivity contribution is 5.84. The molecular formula is C19H33NO4. The molecule has 2 fully saturated rings. The number of hydrogen-bond acceptors (Lipinski definition) is 3. The Hall–Kier alpha value is -1.10. The molecule has 5 nitrogen and oxygen atoms in total. The van der Waals surface area contributed by atoms with Crippen molar-refractivity contribution in [3.8, 4) is 0 Å². The minimum atomic E-state index is -0.764. The molecule has 0 aliphatic heterocycles. The Balaban J connectivity index is 1.98. The molecule has 3 N–H and O–H groups in total. The van der Waals surface area contributed by atoms with Crippen LogP contribution in [0.4, 0.5) is 0 Å². The molecule has 138 valence electrons. The van der Waals surface area contributed by atoms with Gasteiger partial charge >= 0.3 is 5.97 Å². The van der Waals surface area contributed by atoms with Gasteiger partial charge < -0.3 is 15.5 Å². The van der Waals surface area contributed by atoms with E-state index in [-0.39, 0.29) is 18.6 Å². The van der Waals surface area contributed by atoms with Gasteiger partial charge in [-0.1, -0.05) is 26.2 Å². The molecule has 2 aliphatic carbocycles. The highest BCUT2D eigenvalue weighted by atomic mass is 16.4. The van der Waals surface area contributed by atoms with Crippen LogP contribution in [-0.4, -0.2) is 34.7 Å². The quantitative estimate of drug-likeness (QED) is 0.634. The minimum Gasteiger partial charge on any atom is -0.481 e. The Morgan fingerprint density at radius 2 is 1.79 bits per heavy atom. The van der Waals surface area contributed by atoms with Gasteiger partial charge in [0.1, 0.15) is 0 Å². The number of carbonyl (C=O) groups is 2. The molecule has 0 heterocycles. The van der Waals surface area contributed by atoms with Crippen LogP contribution in [-0.2, 0) is 9.59 Å². The van der Waals surface area contributed by atoms with Crippen molar-refractivity contribution in [1.82, 2.24) is 5.32 Å². The summed E-state index contributed by atoms with van der Waals surface area (Å²) in [6.07, 6.45) is 9.39. The van der Waals surface area contributed by atoms with E-state index in [2.05, 4.69) is 5.32 Å². The van der Waals surface area contributed by atoms with Gasteiger partial charge in [-0.3, -0.25) is 9.59 Å². The molecule has 0 aromatic carbocycles. The maximum Gasteiger partial charge on any atom is 0.306 e. The van der Waals surface area contributed by atoms with E-state index in [1.165, 1.54) is 0 Å². The van der Waals surface area contributed by atoms with Gasteiger partial charge in [-0.05, 0) is 57.3 Å². The largest absolute Gasteiger partial charge is 0.481 e. The monoisotopic (exact) mass is 339 g/mol. The third-order valence-corrected chi connectivity index (χ3v) is 6.11. The summed E-state index contributed by atoms with van der Waals surface area (Å²) in [5.41, 5.74) is -0.480. The molecule has 5 heteroatoms. The van der Waals surface area contributed by atoms with Crippen LogP contribution in [0.1, 0.15) is 77.6 Å². The molecule has 1 unspecified atom stereocenters. The molecule has 0 aromatic heterocycles. The van der Waals surface area contributed by atoms with E-state index >= 15 is 0 Å². The molecule has 2 saturated carbocycles. The van der Waals surface area contributed by atoms with Crippen LogP contribution >= 0.6 is 0 Å². The molecule has 1 atom stereocenters. The van der Waals surface area contributed by atoms with Gasteiger partial charge in [0.15, 0.2) is 0 Å². The molecule has 2 rings (SSSR count). The maximum absolute atomic E-state index is 13.0. The Morgan fingerprint density at radius 3 is 2.29 bits per heavy atom. The van der Waals surface area contributed by atoms with Gasteiger partial charge in [-0.25, -0.2) is 0 Å². The number of carbonyl (C=O) groups excluding carboxylic acids is 1. The topological polar surface area (TPSA) is 86.6 Å². The smallest absolute Gasteiger partial charge is 0.306 e. The van der Waals surface area contributed by atoms with Crippen molar-refractivity contribution >= 4 is 11.9 Å². The van der Waals surface area contributed by atoms with Crippen LogP contribution in [0.25, 0.3) is 0 Å². The second kappa shape index (κ2) is 8.84. The summed E-state index contributed by atoms with van der Waals surface area (Å²) < 4.78 is 0. The van der Waals surface area contributed by atoms with Crippen LogP contribution in [0.15, 0.2) is 0 Å². The van der Waals surface area contributed by atoms with Crippen molar-refractivity contribution in [3.05, 3.63) is 0 Å². The molecule has 0 radical (unpaired) electrons. The summed E-state index contributed by atoms with van der Waals surface area (Å²) in [7, 11) is 0. The predicted molar refractivity (Wildman–Crippen MR) is 92.5 cm³/mol. The summed E-state index contributed by atoms with van der Waals surface area (Å²) >= 11 is 0. The zero-order chi connectivity index (χ0) is 17.6. The summed E-state index contributed by atoms with van der Waals surface area (Å²) in [6, 6.07) is 0.187. The zero-order valence-electron chi connectivity index (χ0n) is 14.9. The Bertz CT molecular complexity index is 423. The average molecular weight is 339 g/mol. The molecular weight excluding hydrogens is 306 g/mol. The molecule has 0 saturated heterocycles. The van der Waals surface area contributed by atoms with Crippen LogP contribution in [0.2, 0.25) is 0 Å². The van der Waals surface area contributed by atoms with Crippen molar-refractivity contribution < 1.29 is 19.8 Å². The number of aliphatic carboxylic acids is 1. The van der Waals surface area contributed by atoms with Crippen LogP contribution in [0.3, 0.4) is 0 Å². The number of aliphatic hydroxyl groups is 1. The van der Waals surface area contributed by atoms with Crippen molar-refractivity contribution in [1.29, 1.82) is 0 Å². The molecule has 0 spiro atoms. The third-order valence-electron chi connectivity index (χ3n) is 6.11. The van der Waals surface area contributed by atoms with Gasteiger partial charge in [-0.2, -0.15) is 0 Å². The first kappa shape index (κ1) is 19.2. The fraction of sp³-hybridized carbons (Fsp3) is 0.895. The average Bonchev–Trinajstić information content (AvgIpc) is 3.05. The van der Waals surface area contributed by atoms with E-state index in [1.807, 2.05) is 6.92 Å². The Kier molecular flexibility index (Phi) is 7.08. The highest BCUT2D eigenvalue weighted by Crippen LogP contribution is 2.44. The molecule has 0 bridgehead atoms. The van der Waals surface area contributed by atoms with Crippen LogP contribution in [0, 0.1) is 17.3 Å². The van der Waals surface area contributed by atoms with Gasteiger partial charge in [0, 0.05) is 12.6 Å². The van der Waals surface area contributed by atoms with E-state index in [9.17, 15) is 19.8 Å². The first-order valence-corrected chi connectivity index (χ1v) is 9.65. The first-order chi connectivity index (χ1) is 11.5. The third kappa shape index (κ3) is 4.71. The number of hydrogen-bond donors (Lipinski definition) is 3. The fourth-order valence-corrected chi connectivity index (χ4v) is 4.54. The number of amides is 1. The zero-order valence-corrected chi connectivity index (χ0v) is 14.9. The highest BCUT2D eigenvalue weighted by Gasteiger charge is 2.44.